The normalized spacial score (nSPS) is 6.57. The zero-order valence-corrected chi connectivity index (χ0v) is 9.98. The van der Waals surface area contributed by atoms with Crippen molar-refractivity contribution in [2.45, 2.75) is 13.8 Å². The SMILES string of the molecule is CC[N-]C(C)=O.[Rb+]. The minimum atomic E-state index is -0.0856. The average molecular weight is 172 g/mol. The van der Waals surface area contributed by atoms with E-state index in [2.05, 4.69) is 5.32 Å². The maximum Gasteiger partial charge on any atom is 1.00 e. The van der Waals surface area contributed by atoms with Gasteiger partial charge in [-0.05, 0) is 6.92 Å². The Balaban J connectivity index is 0. The van der Waals surface area contributed by atoms with Crippen LogP contribution in [0.5, 0.6) is 0 Å². The van der Waals surface area contributed by atoms with Crippen molar-refractivity contribution in [3.8, 4) is 0 Å². The van der Waals surface area contributed by atoms with Crippen molar-refractivity contribution in [3.63, 3.8) is 0 Å². The van der Waals surface area contributed by atoms with E-state index >= 15 is 0 Å². The predicted octanol–water partition coefficient (Wildman–Crippen LogP) is -2.07. The van der Waals surface area contributed by atoms with Crippen LogP contribution in [0.4, 0.5) is 0 Å². The Morgan fingerprint density at radius 2 is 2.14 bits per heavy atom. The van der Waals surface area contributed by atoms with E-state index in [1.54, 1.807) is 0 Å². The molecule has 36 valence electrons. The molecule has 2 nitrogen and oxygen atoms in total. The summed E-state index contributed by atoms with van der Waals surface area (Å²) in [7, 11) is 0. The molecule has 0 heterocycles. The first-order valence-electron chi connectivity index (χ1n) is 1.95. The fraction of sp³-hybridized carbons (Fsp3) is 0.750. The van der Waals surface area contributed by atoms with Crippen LogP contribution < -0.4 is 58.2 Å². The van der Waals surface area contributed by atoms with Crippen LogP contribution in [-0.2, 0) is 4.79 Å². The molecular weight excluding hydrogens is 164 g/mol. The summed E-state index contributed by atoms with van der Waals surface area (Å²) in [6.07, 6.45) is 0. The molecule has 0 aliphatic carbocycles. The van der Waals surface area contributed by atoms with Gasteiger partial charge in [0.15, 0.2) is 0 Å². The molecule has 0 aliphatic rings. The quantitative estimate of drug-likeness (QED) is 0.446. The molecule has 0 radical (unpaired) electrons. The fourth-order valence-electron chi connectivity index (χ4n) is 0.223. The van der Waals surface area contributed by atoms with Gasteiger partial charge < -0.3 is 10.1 Å². The van der Waals surface area contributed by atoms with Gasteiger partial charge >= 0.3 is 58.2 Å². The van der Waals surface area contributed by atoms with Crippen molar-refractivity contribution in [1.82, 2.24) is 0 Å². The van der Waals surface area contributed by atoms with Crippen molar-refractivity contribution < 1.29 is 63.0 Å². The second-order valence-electron chi connectivity index (χ2n) is 0.993. The van der Waals surface area contributed by atoms with Gasteiger partial charge in [0, 0.05) is 5.91 Å². The number of amides is 1. The maximum atomic E-state index is 9.88. The van der Waals surface area contributed by atoms with Crippen molar-refractivity contribution in [2.24, 2.45) is 0 Å². The summed E-state index contributed by atoms with van der Waals surface area (Å²) in [4.78, 5) is 9.88. The minimum Gasteiger partial charge on any atom is -0.654 e. The zero-order valence-electron chi connectivity index (χ0n) is 5.06. The molecule has 0 aliphatic heterocycles. The van der Waals surface area contributed by atoms with Crippen molar-refractivity contribution >= 4 is 5.91 Å². The Labute approximate surface area is 92.8 Å². The predicted molar refractivity (Wildman–Crippen MR) is 24.6 cm³/mol. The maximum absolute atomic E-state index is 9.88. The van der Waals surface area contributed by atoms with Crippen LogP contribution in [0.25, 0.3) is 5.32 Å². The average Bonchev–Trinajstić information content (AvgIpc) is 1.35. The molecule has 0 unspecified atom stereocenters. The third kappa shape index (κ3) is 11.1. The standard InChI is InChI=1S/C4H9NO.Rb/c1-3-5-4(2)6;/h3H2,1-2H3,(H,5,6);/q;+1/p-1. The van der Waals surface area contributed by atoms with Crippen molar-refractivity contribution in [3.05, 3.63) is 5.32 Å². The van der Waals surface area contributed by atoms with Gasteiger partial charge in [-0.15, -0.1) is 6.54 Å². The number of hydrogen-bond acceptors (Lipinski definition) is 1. The Morgan fingerprint density at radius 1 is 1.71 bits per heavy atom. The summed E-state index contributed by atoms with van der Waals surface area (Å²) in [5.74, 6) is -0.0856. The number of hydrogen-bond donors (Lipinski definition) is 0. The van der Waals surface area contributed by atoms with E-state index in [1.807, 2.05) is 6.92 Å². The van der Waals surface area contributed by atoms with E-state index < -0.39 is 0 Å². The van der Waals surface area contributed by atoms with Crippen LogP contribution in [0, 0.1) is 0 Å². The summed E-state index contributed by atoms with van der Waals surface area (Å²) in [5.41, 5.74) is 0. The van der Waals surface area contributed by atoms with Gasteiger partial charge in [0.1, 0.15) is 0 Å². The van der Waals surface area contributed by atoms with Crippen LogP contribution in [0.3, 0.4) is 0 Å². The van der Waals surface area contributed by atoms with Crippen molar-refractivity contribution in [2.75, 3.05) is 6.54 Å². The molecule has 7 heavy (non-hydrogen) atoms. The molecule has 0 aromatic heterocycles. The van der Waals surface area contributed by atoms with Crippen LogP contribution in [0.15, 0.2) is 0 Å². The number of carbonyl (C=O) groups excluding carboxylic acids is 1. The largest absolute Gasteiger partial charge is 1.00 e. The van der Waals surface area contributed by atoms with Gasteiger partial charge in [-0.3, -0.25) is 0 Å². The van der Waals surface area contributed by atoms with Gasteiger partial charge in [-0.25, -0.2) is 0 Å². The van der Waals surface area contributed by atoms with Crippen LogP contribution in [-0.4, -0.2) is 12.5 Å². The van der Waals surface area contributed by atoms with Gasteiger partial charge in [0.25, 0.3) is 0 Å². The first-order valence-corrected chi connectivity index (χ1v) is 1.95. The first-order chi connectivity index (χ1) is 2.77. The summed E-state index contributed by atoms with van der Waals surface area (Å²) >= 11 is 0. The summed E-state index contributed by atoms with van der Waals surface area (Å²) in [5, 5.41) is 3.49. The molecule has 0 atom stereocenters. The first kappa shape index (κ1) is 11.1. The zero-order chi connectivity index (χ0) is 4.99. The van der Waals surface area contributed by atoms with E-state index in [-0.39, 0.29) is 64.1 Å². The molecule has 0 aromatic carbocycles. The summed E-state index contributed by atoms with van der Waals surface area (Å²) in [6.45, 7) is 3.89. The molecule has 0 N–H and O–H groups in total. The minimum absolute atomic E-state index is 0. The van der Waals surface area contributed by atoms with Crippen molar-refractivity contribution in [1.29, 1.82) is 0 Å². The molecule has 1 amide bonds. The molecule has 0 fully saturated rings. The molecule has 0 bridgehead atoms. The van der Waals surface area contributed by atoms with E-state index in [9.17, 15) is 4.79 Å². The topological polar surface area (TPSA) is 31.2 Å². The third-order valence-corrected chi connectivity index (χ3v) is 0.381. The van der Waals surface area contributed by atoms with Gasteiger partial charge in [-0.2, -0.15) is 0 Å². The third-order valence-electron chi connectivity index (χ3n) is 0.381. The Morgan fingerprint density at radius 3 is 2.14 bits per heavy atom. The molecule has 0 aromatic rings. The van der Waals surface area contributed by atoms with E-state index in [0.29, 0.717) is 6.54 Å². The van der Waals surface area contributed by atoms with Gasteiger partial charge in [0.2, 0.25) is 0 Å². The summed E-state index contributed by atoms with van der Waals surface area (Å²) < 4.78 is 0. The molecule has 3 heteroatoms. The number of carbonyl (C=O) groups is 1. The Bertz CT molecular complexity index is 55.7. The van der Waals surface area contributed by atoms with Gasteiger partial charge in [0.05, 0.1) is 0 Å². The second-order valence-corrected chi connectivity index (χ2v) is 0.993. The van der Waals surface area contributed by atoms with Crippen LogP contribution in [0.2, 0.25) is 0 Å². The molecular formula is C4H8NORb. The van der Waals surface area contributed by atoms with E-state index in [0.717, 1.165) is 0 Å². The molecule has 0 saturated heterocycles. The summed E-state index contributed by atoms with van der Waals surface area (Å²) in [6, 6.07) is 0. The van der Waals surface area contributed by atoms with Crippen LogP contribution >= 0.6 is 0 Å². The van der Waals surface area contributed by atoms with Gasteiger partial charge in [-0.1, -0.05) is 6.92 Å². The van der Waals surface area contributed by atoms with E-state index in [1.165, 1.54) is 6.92 Å². The molecule has 0 rings (SSSR count). The fourth-order valence-corrected chi connectivity index (χ4v) is 0.223. The van der Waals surface area contributed by atoms with Crippen LogP contribution in [0.1, 0.15) is 13.8 Å². The van der Waals surface area contributed by atoms with E-state index in [4.69, 9.17) is 0 Å². The Kier molecular flexibility index (Phi) is 11.6. The molecule has 0 spiro atoms. The smallest absolute Gasteiger partial charge is 0.654 e. The monoisotopic (exact) mass is 171 g/mol. The number of rotatable bonds is 1. The molecule has 0 saturated carbocycles. The second kappa shape index (κ2) is 7.28. The number of nitrogens with zero attached hydrogens (tertiary/aromatic N) is 1. The Hall–Kier alpha value is 1.28.